The quantitative estimate of drug-likeness (QED) is 0.832. The minimum Gasteiger partial charge on any atom is -0.399 e. The van der Waals surface area contributed by atoms with Crippen LogP contribution in [0.3, 0.4) is 0 Å². The van der Waals surface area contributed by atoms with Crippen LogP contribution in [-0.4, -0.2) is 18.0 Å². The molecule has 1 saturated heterocycles. The molecule has 0 aromatic heterocycles. The lowest BCUT2D eigenvalue weighted by Crippen LogP contribution is -2.41. The molecule has 1 saturated carbocycles. The Bertz CT molecular complexity index is 446. The van der Waals surface area contributed by atoms with Crippen molar-refractivity contribution in [2.45, 2.75) is 38.6 Å². The van der Waals surface area contributed by atoms with Crippen LogP contribution >= 0.6 is 15.9 Å². The van der Waals surface area contributed by atoms with E-state index >= 15 is 0 Å². The zero-order valence-corrected chi connectivity index (χ0v) is 13.0. The molecule has 1 aromatic carbocycles. The Hall–Kier alpha value is -0.540. The van der Waals surface area contributed by atoms with Gasteiger partial charge in [0.05, 0.1) is 0 Å². The van der Waals surface area contributed by atoms with Crippen molar-refractivity contribution in [3.8, 4) is 0 Å². The van der Waals surface area contributed by atoms with Crippen LogP contribution in [0.15, 0.2) is 22.7 Å². The number of nitrogens with two attached hydrogens (primary N) is 1. The zero-order valence-electron chi connectivity index (χ0n) is 11.4. The second-order valence-corrected chi connectivity index (χ2v) is 7.03. The summed E-state index contributed by atoms with van der Waals surface area (Å²) in [6, 6.07) is 6.13. The lowest BCUT2D eigenvalue weighted by atomic mass is 9.75. The largest absolute Gasteiger partial charge is 0.399 e. The molecule has 0 bridgehead atoms. The van der Waals surface area contributed by atoms with Crippen LogP contribution in [0.2, 0.25) is 0 Å². The number of fused-ring (bicyclic) bond motifs is 1. The fourth-order valence-electron chi connectivity index (χ4n) is 3.78. The molecule has 3 heteroatoms. The van der Waals surface area contributed by atoms with Crippen molar-refractivity contribution in [3.63, 3.8) is 0 Å². The van der Waals surface area contributed by atoms with Crippen molar-refractivity contribution in [3.05, 3.63) is 28.2 Å². The van der Waals surface area contributed by atoms with Crippen LogP contribution in [0, 0.1) is 11.8 Å². The number of likely N-dealkylation sites (tertiary alicyclic amines) is 1. The van der Waals surface area contributed by atoms with E-state index in [9.17, 15) is 0 Å². The Morgan fingerprint density at radius 1 is 1.16 bits per heavy atom. The van der Waals surface area contributed by atoms with Crippen molar-refractivity contribution in [2.24, 2.45) is 11.8 Å². The lowest BCUT2D eigenvalue weighted by molar-refractivity contribution is 0.0819. The Kier molecular flexibility index (Phi) is 4.13. The van der Waals surface area contributed by atoms with Crippen LogP contribution < -0.4 is 5.73 Å². The fourth-order valence-corrected chi connectivity index (χ4v) is 4.15. The van der Waals surface area contributed by atoms with Crippen LogP contribution in [0.5, 0.6) is 0 Å². The third kappa shape index (κ3) is 3.14. The SMILES string of the molecule is Nc1ccc(Br)c(CN2CCC3CCCCC3C2)c1. The summed E-state index contributed by atoms with van der Waals surface area (Å²) in [5.74, 6) is 1.96. The number of nitrogens with zero attached hydrogens (tertiary/aromatic N) is 1. The zero-order chi connectivity index (χ0) is 13.2. The number of anilines is 1. The first-order chi connectivity index (χ1) is 9.22. The molecular weight excluding hydrogens is 300 g/mol. The summed E-state index contributed by atoms with van der Waals surface area (Å²) in [4.78, 5) is 2.62. The molecule has 1 aromatic rings. The van der Waals surface area contributed by atoms with Gasteiger partial charge in [-0.15, -0.1) is 0 Å². The molecule has 19 heavy (non-hydrogen) atoms. The van der Waals surface area contributed by atoms with Gasteiger partial charge in [-0.2, -0.15) is 0 Å². The maximum Gasteiger partial charge on any atom is 0.0318 e. The Balaban J connectivity index is 1.65. The van der Waals surface area contributed by atoms with Crippen LogP contribution in [0.1, 0.15) is 37.7 Å². The van der Waals surface area contributed by atoms with Gasteiger partial charge in [0.15, 0.2) is 0 Å². The van der Waals surface area contributed by atoms with E-state index in [0.29, 0.717) is 0 Å². The summed E-state index contributed by atoms with van der Waals surface area (Å²) in [5, 5.41) is 0. The van der Waals surface area contributed by atoms with E-state index < -0.39 is 0 Å². The summed E-state index contributed by atoms with van der Waals surface area (Å²) >= 11 is 3.64. The molecule has 2 nitrogen and oxygen atoms in total. The van der Waals surface area contributed by atoms with Gasteiger partial charge in [0, 0.05) is 23.2 Å². The molecular formula is C16H23BrN2. The van der Waals surface area contributed by atoms with Crippen molar-refractivity contribution >= 4 is 21.6 Å². The number of benzene rings is 1. The monoisotopic (exact) mass is 322 g/mol. The van der Waals surface area contributed by atoms with Gasteiger partial charge in [0.1, 0.15) is 0 Å². The van der Waals surface area contributed by atoms with E-state index in [2.05, 4.69) is 33.0 Å². The molecule has 2 aliphatic rings. The standard InChI is InChI=1S/C16H23BrN2/c17-16-6-5-15(18)9-14(16)11-19-8-7-12-3-1-2-4-13(12)10-19/h5-6,9,12-13H,1-4,7-8,10-11,18H2. The topological polar surface area (TPSA) is 29.3 Å². The third-order valence-corrected chi connectivity index (χ3v) is 5.61. The van der Waals surface area contributed by atoms with Crippen molar-refractivity contribution in [1.82, 2.24) is 4.90 Å². The Morgan fingerprint density at radius 2 is 1.95 bits per heavy atom. The highest BCUT2D eigenvalue weighted by Gasteiger charge is 2.31. The maximum atomic E-state index is 5.90. The molecule has 0 amide bonds. The molecule has 1 aliphatic heterocycles. The molecule has 2 atom stereocenters. The van der Waals surface area contributed by atoms with Gasteiger partial charge in [-0.3, -0.25) is 4.90 Å². The van der Waals surface area contributed by atoms with Crippen molar-refractivity contribution < 1.29 is 0 Å². The van der Waals surface area contributed by atoms with Crippen LogP contribution in [0.25, 0.3) is 0 Å². The minimum absolute atomic E-state index is 0.866. The van der Waals surface area contributed by atoms with Gasteiger partial charge in [-0.05, 0) is 55.0 Å². The van der Waals surface area contributed by atoms with E-state index in [1.807, 2.05) is 6.07 Å². The Labute approximate surface area is 124 Å². The number of halogens is 1. The van der Waals surface area contributed by atoms with Crippen LogP contribution in [0.4, 0.5) is 5.69 Å². The molecule has 0 radical (unpaired) electrons. The highest BCUT2D eigenvalue weighted by molar-refractivity contribution is 9.10. The molecule has 2 unspecified atom stereocenters. The normalized spacial score (nSPS) is 28.1. The first-order valence-electron chi connectivity index (χ1n) is 7.48. The van der Waals surface area contributed by atoms with Gasteiger partial charge in [0.25, 0.3) is 0 Å². The molecule has 1 aliphatic carbocycles. The van der Waals surface area contributed by atoms with Gasteiger partial charge in [-0.1, -0.05) is 35.2 Å². The third-order valence-electron chi connectivity index (χ3n) is 4.84. The molecule has 1 heterocycles. The van der Waals surface area contributed by atoms with Crippen LogP contribution in [-0.2, 0) is 6.54 Å². The summed E-state index contributed by atoms with van der Waals surface area (Å²) in [6.07, 6.45) is 7.21. The average Bonchev–Trinajstić information content (AvgIpc) is 2.43. The van der Waals surface area contributed by atoms with E-state index in [-0.39, 0.29) is 0 Å². The van der Waals surface area contributed by atoms with Crippen molar-refractivity contribution in [2.75, 3.05) is 18.8 Å². The average molecular weight is 323 g/mol. The lowest BCUT2D eigenvalue weighted by Gasteiger charge is -2.41. The minimum atomic E-state index is 0.866. The summed E-state index contributed by atoms with van der Waals surface area (Å²) < 4.78 is 1.19. The highest BCUT2D eigenvalue weighted by Crippen LogP contribution is 2.36. The van der Waals surface area contributed by atoms with E-state index in [1.54, 1.807) is 0 Å². The first-order valence-corrected chi connectivity index (χ1v) is 8.28. The number of nitrogen functional groups attached to an aromatic ring is 1. The molecule has 2 N–H and O–H groups in total. The predicted molar refractivity (Wildman–Crippen MR) is 83.9 cm³/mol. The molecule has 3 rings (SSSR count). The van der Waals surface area contributed by atoms with Gasteiger partial charge < -0.3 is 5.73 Å². The summed E-state index contributed by atoms with van der Waals surface area (Å²) in [7, 11) is 0. The van der Waals surface area contributed by atoms with Gasteiger partial charge in [0.2, 0.25) is 0 Å². The second-order valence-electron chi connectivity index (χ2n) is 6.18. The van der Waals surface area contributed by atoms with E-state index in [4.69, 9.17) is 5.73 Å². The molecule has 2 fully saturated rings. The first kappa shape index (κ1) is 13.4. The van der Waals surface area contributed by atoms with E-state index in [0.717, 1.165) is 24.1 Å². The molecule has 104 valence electrons. The number of hydrogen-bond acceptors (Lipinski definition) is 2. The van der Waals surface area contributed by atoms with Gasteiger partial charge >= 0.3 is 0 Å². The van der Waals surface area contributed by atoms with Gasteiger partial charge in [-0.25, -0.2) is 0 Å². The number of rotatable bonds is 2. The Morgan fingerprint density at radius 3 is 2.79 bits per heavy atom. The molecule has 0 spiro atoms. The smallest absolute Gasteiger partial charge is 0.0318 e. The fraction of sp³-hybridized carbons (Fsp3) is 0.625. The number of hydrogen-bond donors (Lipinski definition) is 1. The van der Waals surface area contributed by atoms with Crippen molar-refractivity contribution in [1.29, 1.82) is 0 Å². The second kappa shape index (κ2) is 5.84. The highest BCUT2D eigenvalue weighted by atomic mass is 79.9. The van der Waals surface area contributed by atoms with E-state index in [1.165, 1.54) is 55.2 Å². The summed E-state index contributed by atoms with van der Waals surface area (Å²) in [6.45, 7) is 3.57. The predicted octanol–water partition coefficient (Wildman–Crippen LogP) is 4.04. The summed E-state index contributed by atoms with van der Waals surface area (Å²) in [5.41, 5.74) is 8.09. The number of piperidine rings is 1. The maximum absolute atomic E-state index is 5.90.